The first kappa shape index (κ1) is 18.7. The van der Waals surface area contributed by atoms with E-state index in [1.807, 2.05) is 60.0 Å². The number of carbonyl (C=O) groups is 2. The Bertz CT molecular complexity index is 878. The summed E-state index contributed by atoms with van der Waals surface area (Å²) in [5.74, 6) is 0.241. The zero-order valence-corrected chi connectivity index (χ0v) is 15.7. The maximum atomic E-state index is 12.5. The van der Waals surface area contributed by atoms with Crippen molar-refractivity contribution in [1.82, 2.24) is 10.6 Å². The first-order valence-electron chi connectivity index (χ1n) is 8.47. The number of rotatable bonds is 7. The minimum atomic E-state index is -0.316. The van der Waals surface area contributed by atoms with E-state index < -0.39 is 0 Å². The van der Waals surface area contributed by atoms with Gasteiger partial charge in [0.1, 0.15) is 5.75 Å². The van der Waals surface area contributed by atoms with E-state index in [9.17, 15) is 9.59 Å². The predicted molar refractivity (Wildman–Crippen MR) is 106 cm³/mol. The summed E-state index contributed by atoms with van der Waals surface area (Å²) in [5.41, 5.74) is 1.89. The normalized spacial score (nSPS) is 11.4. The lowest BCUT2D eigenvalue weighted by atomic mass is 9.98. The third-order valence-corrected chi connectivity index (χ3v) is 4.91. The molecule has 0 saturated carbocycles. The Labute approximate surface area is 162 Å². The van der Waals surface area contributed by atoms with E-state index in [2.05, 4.69) is 10.6 Å². The van der Waals surface area contributed by atoms with Gasteiger partial charge >= 0.3 is 0 Å². The molecular weight excluding hydrogens is 360 g/mol. The minimum Gasteiger partial charge on any atom is -0.497 e. The molecule has 3 aromatic rings. The van der Waals surface area contributed by atoms with Gasteiger partial charge in [-0.1, -0.05) is 48.5 Å². The molecule has 1 atom stereocenters. The van der Waals surface area contributed by atoms with E-state index >= 15 is 0 Å². The van der Waals surface area contributed by atoms with Crippen LogP contribution in [0, 0.1) is 0 Å². The van der Waals surface area contributed by atoms with Crippen molar-refractivity contribution in [3.8, 4) is 5.75 Å². The molecule has 0 spiro atoms. The summed E-state index contributed by atoms with van der Waals surface area (Å²) in [6.07, 6.45) is 0. The van der Waals surface area contributed by atoms with Crippen molar-refractivity contribution in [2.24, 2.45) is 0 Å². The van der Waals surface area contributed by atoms with Crippen molar-refractivity contribution in [3.63, 3.8) is 0 Å². The van der Waals surface area contributed by atoms with Crippen molar-refractivity contribution in [2.75, 3.05) is 13.7 Å². The van der Waals surface area contributed by atoms with Crippen LogP contribution in [-0.2, 0) is 4.79 Å². The highest BCUT2D eigenvalue weighted by Gasteiger charge is 2.17. The second kappa shape index (κ2) is 9.00. The average molecular weight is 380 g/mol. The molecule has 0 aliphatic heterocycles. The number of hydrogen-bond donors (Lipinski definition) is 2. The number of thiophene rings is 1. The van der Waals surface area contributed by atoms with Crippen molar-refractivity contribution in [1.29, 1.82) is 0 Å². The van der Waals surface area contributed by atoms with Crippen LogP contribution in [-0.4, -0.2) is 25.5 Å². The highest BCUT2D eigenvalue weighted by atomic mass is 32.1. The van der Waals surface area contributed by atoms with E-state index in [0.29, 0.717) is 4.88 Å². The van der Waals surface area contributed by atoms with Gasteiger partial charge in [-0.05, 0) is 34.7 Å². The van der Waals surface area contributed by atoms with Crippen LogP contribution >= 0.6 is 11.3 Å². The molecule has 1 aromatic heterocycles. The summed E-state index contributed by atoms with van der Waals surface area (Å²) in [4.78, 5) is 25.0. The number of carbonyl (C=O) groups excluding carboxylic acids is 2. The van der Waals surface area contributed by atoms with E-state index in [4.69, 9.17) is 4.74 Å². The quantitative estimate of drug-likeness (QED) is 0.660. The molecule has 2 amide bonds. The molecule has 3 rings (SSSR count). The molecule has 1 unspecified atom stereocenters. The minimum absolute atomic E-state index is 0.0871. The van der Waals surface area contributed by atoms with Crippen molar-refractivity contribution < 1.29 is 14.3 Å². The van der Waals surface area contributed by atoms with Crippen molar-refractivity contribution in [2.45, 2.75) is 6.04 Å². The Morgan fingerprint density at radius 1 is 0.963 bits per heavy atom. The van der Waals surface area contributed by atoms with E-state index in [1.165, 1.54) is 11.3 Å². The highest BCUT2D eigenvalue weighted by Crippen LogP contribution is 2.24. The maximum Gasteiger partial charge on any atom is 0.261 e. The van der Waals surface area contributed by atoms with Crippen LogP contribution in [0.25, 0.3) is 0 Å². The Hall–Kier alpha value is -3.12. The molecule has 0 radical (unpaired) electrons. The summed E-state index contributed by atoms with van der Waals surface area (Å²) in [5, 5.41) is 7.47. The largest absolute Gasteiger partial charge is 0.497 e. The molecule has 5 nitrogen and oxygen atoms in total. The molecule has 0 bridgehead atoms. The highest BCUT2D eigenvalue weighted by molar-refractivity contribution is 7.12. The van der Waals surface area contributed by atoms with Gasteiger partial charge in [-0.15, -0.1) is 11.3 Å². The fourth-order valence-electron chi connectivity index (χ4n) is 2.67. The van der Waals surface area contributed by atoms with Gasteiger partial charge in [0.05, 0.1) is 24.6 Å². The van der Waals surface area contributed by atoms with Gasteiger partial charge in [0.15, 0.2) is 0 Å². The fourth-order valence-corrected chi connectivity index (χ4v) is 3.31. The van der Waals surface area contributed by atoms with Crippen LogP contribution in [0.3, 0.4) is 0 Å². The molecule has 2 N–H and O–H groups in total. The molecule has 1 heterocycles. The van der Waals surface area contributed by atoms with Crippen LogP contribution < -0.4 is 15.4 Å². The molecule has 0 fully saturated rings. The lowest BCUT2D eigenvalue weighted by molar-refractivity contribution is -0.120. The van der Waals surface area contributed by atoms with Crippen LogP contribution in [0.4, 0.5) is 0 Å². The van der Waals surface area contributed by atoms with E-state index in [-0.39, 0.29) is 24.4 Å². The number of methoxy groups -OCH3 is 1. The first-order valence-corrected chi connectivity index (χ1v) is 9.35. The van der Waals surface area contributed by atoms with Gasteiger partial charge in [0.2, 0.25) is 5.91 Å². The summed E-state index contributed by atoms with van der Waals surface area (Å²) >= 11 is 1.34. The van der Waals surface area contributed by atoms with Crippen molar-refractivity contribution in [3.05, 3.63) is 88.1 Å². The van der Waals surface area contributed by atoms with Crippen LogP contribution in [0.15, 0.2) is 72.1 Å². The Kier molecular flexibility index (Phi) is 6.22. The lowest BCUT2D eigenvalue weighted by Gasteiger charge is -2.20. The van der Waals surface area contributed by atoms with Gasteiger partial charge in [0.25, 0.3) is 5.91 Å². The predicted octanol–water partition coefficient (Wildman–Crippen LogP) is 3.39. The molecule has 2 aromatic carbocycles. The van der Waals surface area contributed by atoms with Crippen molar-refractivity contribution >= 4 is 23.2 Å². The number of hydrogen-bond acceptors (Lipinski definition) is 4. The molecule has 0 aliphatic rings. The number of benzene rings is 2. The van der Waals surface area contributed by atoms with Gasteiger partial charge in [0, 0.05) is 0 Å². The standard InChI is InChI=1S/C21H20N2O3S/c1-26-17-11-9-16(10-12-17)20(15-6-3-2-4-7-15)23-19(24)14-22-21(25)18-8-5-13-27-18/h2-13,20H,14H2,1H3,(H,22,25)(H,23,24). The Morgan fingerprint density at radius 2 is 1.67 bits per heavy atom. The topological polar surface area (TPSA) is 67.4 Å². The van der Waals surface area contributed by atoms with Crippen LogP contribution in [0.5, 0.6) is 5.75 Å². The van der Waals surface area contributed by atoms with Gasteiger partial charge in [-0.25, -0.2) is 0 Å². The summed E-state index contributed by atoms with van der Waals surface area (Å²) in [6.45, 7) is -0.0871. The third-order valence-electron chi connectivity index (χ3n) is 4.04. The Balaban J connectivity index is 1.71. The van der Waals surface area contributed by atoms with E-state index in [0.717, 1.165) is 16.9 Å². The number of nitrogens with one attached hydrogen (secondary N) is 2. The first-order chi connectivity index (χ1) is 13.2. The van der Waals surface area contributed by atoms with Gasteiger partial charge < -0.3 is 15.4 Å². The third kappa shape index (κ3) is 4.95. The zero-order chi connectivity index (χ0) is 19.1. The second-order valence-corrected chi connectivity index (χ2v) is 6.79. The van der Waals surface area contributed by atoms with Crippen LogP contribution in [0.2, 0.25) is 0 Å². The summed E-state index contributed by atoms with van der Waals surface area (Å²) in [6, 6.07) is 20.5. The molecule has 138 valence electrons. The maximum absolute atomic E-state index is 12.5. The SMILES string of the molecule is COc1ccc(C(NC(=O)CNC(=O)c2cccs2)c2ccccc2)cc1. The molecule has 0 saturated heterocycles. The smallest absolute Gasteiger partial charge is 0.261 e. The monoisotopic (exact) mass is 380 g/mol. The lowest BCUT2D eigenvalue weighted by Crippen LogP contribution is -2.38. The number of amides is 2. The molecule has 6 heteroatoms. The van der Waals surface area contributed by atoms with Gasteiger partial charge in [-0.3, -0.25) is 9.59 Å². The van der Waals surface area contributed by atoms with Gasteiger partial charge in [-0.2, -0.15) is 0 Å². The molecule has 0 aliphatic carbocycles. The second-order valence-electron chi connectivity index (χ2n) is 5.84. The summed E-state index contributed by atoms with van der Waals surface area (Å²) < 4.78 is 5.20. The Morgan fingerprint density at radius 3 is 2.30 bits per heavy atom. The molecule has 27 heavy (non-hydrogen) atoms. The van der Waals surface area contributed by atoms with E-state index in [1.54, 1.807) is 19.2 Å². The molecular formula is C21H20N2O3S. The fraction of sp³-hybridized carbons (Fsp3) is 0.143. The number of ether oxygens (including phenoxy) is 1. The zero-order valence-electron chi connectivity index (χ0n) is 14.8. The average Bonchev–Trinajstić information content (AvgIpc) is 3.26. The van der Waals surface area contributed by atoms with Crippen LogP contribution in [0.1, 0.15) is 26.8 Å². The summed E-state index contributed by atoms with van der Waals surface area (Å²) in [7, 11) is 1.61.